The molecule has 0 fully saturated rings. The number of ether oxygens (including phenoxy) is 2. The minimum Gasteiger partial charge on any atom is -0.508 e. The van der Waals surface area contributed by atoms with Crippen LogP contribution in [0.3, 0.4) is 0 Å². The summed E-state index contributed by atoms with van der Waals surface area (Å²) in [6, 6.07) is 15.0. The molecule has 2 aliphatic rings. The highest BCUT2D eigenvalue weighted by Gasteiger charge is 2.24. The van der Waals surface area contributed by atoms with Crippen molar-refractivity contribution in [2.45, 2.75) is 6.54 Å². The van der Waals surface area contributed by atoms with Crippen molar-refractivity contribution in [3.05, 3.63) is 71.5 Å². The number of aromatic nitrogens is 1. The number of nitrogens with zero attached hydrogens (tertiary/aromatic N) is 2. The molecule has 5 heteroatoms. The Morgan fingerprint density at radius 3 is 2.76 bits per heavy atom. The molecular weight excluding hydrogens is 316 g/mol. The molecule has 2 aliphatic heterocycles. The van der Waals surface area contributed by atoms with Crippen LogP contribution in [0.5, 0.6) is 17.2 Å². The number of pyridine rings is 1. The lowest BCUT2D eigenvalue weighted by Crippen LogP contribution is -2.04. The number of phenols is 1. The summed E-state index contributed by atoms with van der Waals surface area (Å²) in [5.41, 5.74) is 5.75. The molecule has 0 amide bonds. The SMILES string of the molecule is Oc1cccc(-c2ccnc3c2C(c2ccc4c(c2)OCO4)=NC3)c1. The summed E-state index contributed by atoms with van der Waals surface area (Å²) in [4.78, 5) is 9.19. The molecule has 0 bridgehead atoms. The van der Waals surface area contributed by atoms with Crippen LogP contribution >= 0.6 is 0 Å². The molecule has 0 saturated heterocycles. The molecule has 0 unspecified atom stereocenters. The van der Waals surface area contributed by atoms with Gasteiger partial charge in [0.1, 0.15) is 5.75 Å². The van der Waals surface area contributed by atoms with E-state index in [0.29, 0.717) is 6.54 Å². The first-order chi connectivity index (χ1) is 12.3. The van der Waals surface area contributed by atoms with Crippen molar-refractivity contribution < 1.29 is 14.6 Å². The molecule has 0 aliphatic carbocycles. The molecule has 0 saturated carbocycles. The smallest absolute Gasteiger partial charge is 0.231 e. The Morgan fingerprint density at radius 1 is 0.920 bits per heavy atom. The van der Waals surface area contributed by atoms with Crippen molar-refractivity contribution in [1.29, 1.82) is 0 Å². The highest BCUT2D eigenvalue weighted by molar-refractivity contribution is 6.18. The van der Waals surface area contributed by atoms with Crippen molar-refractivity contribution in [1.82, 2.24) is 4.98 Å². The van der Waals surface area contributed by atoms with Crippen molar-refractivity contribution in [2.24, 2.45) is 4.99 Å². The molecular formula is C20H14N2O3. The Hall–Kier alpha value is -3.34. The van der Waals surface area contributed by atoms with Gasteiger partial charge in [-0.15, -0.1) is 0 Å². The van der Waals surface area contributed by atoms with Gasteiger partial charge in [-0.05, 0) is 47.5 Å². The second-order valence-electron chi connectivity index (χ2n) is 5.96. The number of hydrogen-bond donors (Lipinski definition) is 1. The molecule has 3 heterocycles. The van der Waals surface area contributed by atoms with Crippen molar-refractivity contribution in [2.75, 3.05) is 6.79 Å². The number of hydrogen-bond acceptors (Lipinski definition) is 5. The van der Waals surface area contributed by atoms with Gasteiger partial charge in [0.05, 0.1) is 18.0 Å². The minimum atomic E-state index is 0.239. The van der Waals surface area contributed by atoms with Crippen LogP contribution in [-0.2, 0) is 6.54 Å². The number of fused-ring (bicyclic) bond motifs is 2. The monoisotopic (exact) mass is 330 g/mol. The quantitative estimate of drug-likeness (QED) is 0.781. The number of aromatic hydroxyl groups is 1. The Labute approximate surface area is 144 Å². The van der Waals surface area contributed by atoms with E-state index >= 15 is 0 Å². The van der Waals surface area contributed by atoms with Crippen molar-refractivity contribution >= 4 is 5.71 Å². The van der Waals surface area contributed by atoms with Gasteiger partial charge in [0.2, 0.25) is 6.79 Å². The summed E-state index contributed by atoms with van der Waals surface area (Å²) < 4.78 is 10.9. The maximum absolute atomic E-state index is 9.84. The van der Waals surface area contributed by atoms with E-state index in [1.165, 1.54) is 0 Å². The highest BCUT2D eigenvalue weighted by Crippen LogP contribution is 2.37. The van der Waals surface area contributed by atoms with Gasteiger partial charge in [-0.1, -0.05) is 12.1 Å². The zero-order valence-electron chi connectivity index (χ0n) is 13.3. The fourth-order valence-corrected chi connectivity index (χ4v) is 3.32. The second kappa shape index (κ2) is 5.34. The number of benzene rings is 2. The van der Waals surface area contributed by atoms with Gasteiger partial charge in [0, 0.05) is 17.3 Å². The highest BCUT2D eigenvalue weighted by atomic mass is 16.7. The summed E-state index contributed by atoms with van der Waals surface area (Å²) in [6.07, 6.45) is 1.79. The van der Waals surface area contributed by atoms with Gasteiger partial charge in [-0.2, -0.15) is 0 Å². The van der Waals surface area contributed by atoms with E-state index in [1.54, 1.807) is 18.3 Å². The van der Waals surface area contributed by atoms with Crippen LogP contribution < -0.4 is 9.47 Å². The fraction of sp³-hybridized carbons (Fsp3) is 0.100. The van der Waals surface area contributed by atoms with E-state index in [-0.39, 0.29) is 12.5 Å². The zero-order valence-corrected chi connectivity index (χ0v) is 13.3. The summed E-state index contributed by atoms with van der Waals surface area (Å²) in [5.74, 6) is 1.72. The topological polar surface area (TPSA) is 63.9 Å². The predicted octanol–water partition coefficient (Wildman–Crippen LogP) is 3.53. The summed E-state index contributed by atoms with van der Waals surface area (Å²) >= 11 is 0. The molecule has 5 rings (SSSR count). The van der Waals surface area contributed by atoms with Crippen LogP contribution in [0, 0.1) is 0 Å². The number of phenolic OH excluding ortho intramolecular Hbond substituents is 1. The molecule has 122 valence electrons. The van der Waals surface area contributed by atoms with E-state index in [2.05, 4.69) is 4.98 Å². The first-order valence-electron chi connectivity index (χ1n) is 8.02. The van der Waals surface area contributed by atoms with Gasteiger partial charge in [0.25, 0.3) is 0 Å². The largest absolute Gasteiger partial charge is 0.508 e. The maximum atomic E-state index is 9.84. The lowest BCUT2D eigenvalue weighted by Gasteiger charge is -2.11. The molecule has 0 atom stereocenters. The lowest BCUT2D eigenvalue weighted by molar-refractivity contribution is 0.174. The van der Waals surface area contributed by atoms with Crippen molar-refractivity contribution in [3.63, 3.8) is 0 Å². The maximum Gasteiger partial charge on any atom is 0.231 e. The molecule has 0 radical (unpaired) electrons. The number of aliphatic imine (C=N–C) groups is 1. The van der Waals surface area contributed by atoms with Gasteiger partial charge >= 0.3 is 0 Å². The average Bonchev–Trinajstić information content (AvgIpc) is 3.27. The lowest BCUT2D eigenvalue weighted by atomic mass is 9.93. The first-order valence-corrected chi connectivity index (χ1v) is 8.02. The molecule has 2 aromatic carbocycles. The molecule has 25 heavy (non-hydrogen) atoms. The fourth-order valence-electron chi connectivity index (χ4n) is 3.32. The summed E-state index contributed by atoms with van der Waals surface area (Å²) in [7, 11) is 0. The normalized spacial score (nSPS) is 14.3. The van der Waals surface area contributed by atoms with E-state index in [1.807, 2.05) is 36.4 Å². The molecule has 1 aromatic heterocycles. The zero-order chi connectivity index (χ0) is 16.8. The number of rotatable bonds is 2. The van der Waals surface area contributed by atoms with Gasteiger partial charge in [-0.3, -0.25) is 9.98 Å². The Balaban J connectivity index is 1.66. The van der Waals surface area contributed by atoms with Gasteiger partial charge in [0.15, 0.2) is 11.5 Å². The average molecular weight is 330 g/mol. The van der Waals surface area contributed by atoms with Crippen LogP contribution in [-0.4, -0.2) is 22.6 Å². The van der Waals surface area contributed by atoms with Crippen molar-refractivity contribution in [3.8, 4) is 28.4 Å². The third-order valence-electron chi connectivity index (χ3n) is 4.46. The van der Waals surface area contributed by atoms with E-state index in [4.69, 9.17) is 14.5 Å². The molecule has 1 N–H and O–H groups in total. The first kappa shape index (κ1) is 14.0. The van der Waals surface area contributed by atoms with Crippen LogP contribution in [0.25, 0.3) is 11.1 Å². The van der Waals surface area contributed by atoms with E-state index < -0.39 is 0 Å². The Kier molecular flexibility index (Phi) is 3.00. The minimum absolute atomic E-state index is 0.239. The van der Waals surface area contributed by atoms with Crippen LogP contribution in [0.1, 0.15) is 16.8 Å². The second-order valence-corrected chi connectivity index (χ2v) is 5.96. The Bertz CT molecular complexity index is 1030. The standard InChI is InChI=1S/C20H14N2O3/c23-14-3-1-2-12(8-14)15-6-7-21-16-10-22-20(19(15)16)13-4-5-17-18(9-13)25-11-24-17/h1-9,23H,10-11H2. The summed E-state index contributed by atoms with van der Waals surface area (Å²) in [6.45, 7) is 0.795. The van der Waals surface area contributed by atoms with Crippen LogP contribution in [0.4, 0.5) is 0 Å². The van der Waals surface area contributed by atoms with Crippen LogP contribution in [0.15, 0.2) is 59.7 Å². The summed E-state index contributed by atoms with van der Waals surface area (Å²) in [5, 5.41) is 9.84. The predicted molar refractivity (Wildman–Crippen MR) is 93.2 cm³/mol. The van der Waals surface area contributed by atoms with Gasteiger partial charge in [-0.25, -0.2) is 0 Å². The third kappa shape index (κ3) is 2.24. The van der Waals surface area contributed by atoms with Gasteiger partial charge < -0.3 is 14.6 Å². The van der Waals surface area contributed by atoms with E-state index in [0.717, 1.165) is 45.2 Å². The van der Waals surface area contributed by atoms with E-state index in [9.17, 15) is 5.11 Å². The molecule has 3 aromatic rings. The Morgan fingerprint density at radius 2 is 1.84 bits per heavy atom. The molecule has 5 nitrogen and oxygen atoms in total. The van der Waals surface area contributed by atoms with Crippen LogP contribution in [0.2, 0.25) is 0 Å². The molecule has 0 spiro atoms. The third-order valence-corrected chi connectivity index (χ3v) is 4.46.